The Hall–Kier alpha value is -0.610. The summed E-state index contributed by atoms with van der Waals surface area (Å²) in [4.78, 5) is 10.9. The van der Waals surface area contributed by atoms with Gasteiger partial charge >= 0.3 is 5.97 Å². The highest BCUT2D eigenvalue weighted by Gasteiger charge is 2.29. The summed E-state index contributed by atoms with van der Waals surface area (Å²) >= 11 is 0. The number of hydrogen-bond donors (Lipinski definition) is 0. The molecule has 3 atom stereocenters. The second-order valence-electron chi connectivity index (χ2n) is 4.59. The largest absolute Gasteiger partial charge is 0.436 e. The second-order valence-corrected chi connectivity index (χ2v) is 4.59. The van der Waals surface area contributed by atoms with E-state index in [1.807, 2.05) is 6.92 Å². The molecule has 0 bridgehead atoms. The van der Waals surface area contributed by atoms with Gasteiger partial charge in [-0.1, -0.05) is 32.6 Å². The van der Waals surface area contributed by atoms with Crippen LogP contribution < -0.4 is 0 Å². The van der Waals surface area contributed by atoms with Gasteiger partial charge in [-0.05, 0) is 13.3 Å². The summed E-state index contributed by atoms with van der Waals surface area (Å²) in [6.45, 7) is 5.44. The van der Waals surface area contributed by atoms with E-state index in [0.29, 0.717) is 6.42 Å². The number of ether oxygens (including phenoxy) is 3. The lowest BCUT2D eigenvalue weighted by Crippen LogP contribution is -2.38. The summed E-state index contributed by atoms with van der Waals surface area (Å²) in [5, 5.41) is 0. The minimum atomic E-state index is -0.438. The highest BCUT2D eigenvalue weighted by molar-refractivity contribution is 5.66. The van der Waals surface area contributed by atoms with Crippen LogP contribution >= 0.6 is 0 Å². The molecule has 1 saturated heterocycles. The Morgan fingerprint density at radius 1 is 1.29 bits per heavy atom. The van der Waals surface area contributed by atoms with Crippen molar-refractivity contribution in [2.24, 2.45) is 0 Å². The molecule has 4 nitrogen and oxygen atoms in total. The molecule has 0 spiro atoms. The van der Waals surface area contributed by atoms with Gasteiger partial charge in [-0.15, -0.1) is 0 Å². The van der Waals surface area contributed by atoms with Crippen LogP contribution in [0.5, 0.6) is 0 Å². The highest BCUT2D eigenvalue weighted by Crippen LogP contribution is 2.23. The molecule has 4 heteroatoms. The maximum atomic E-state index is 10.9. The van der Waals surface area contributed by atoms with Crippen molar-refractivity contribution in [1.29, 1.82) is 0 Å². The molecular formula is C13H24O4. The molecule has 1 aliphatic rings. The molecule has 0 aromatic carbocycles. The van der Waals surface area contributed by atoms with Gasteiger partial charge in [0.2, 0.25) is 6.29 Å². The third-order valence-corrected chi connectivity index (χ3v) is 2.86. The van der Waals surface area contributed by atoms with Crippen molar-refractivity contribution in [3.05, 3.63) is 0 Å². The summed E-state index contributed by atoms with van der Waals surface area (Å²) in [5.74, 6) is -0.297. The number of carbonyl (C=O) groups is 1. The lowest BCUT2D eigenvalue weighted by atomic mass is 10.1. The van der Waals surface area contributed by atoms with Crippen LogP contribution in [0.2, 0.25) is 0 Å². The normalized spacial score (nSPS) is 29.0. The van der Waals surface area contributed by atoms with Gasteiger partial charge in [0.25, 0.3) is 0 Å². The monoisotopic (exact) mass is 244 g/mol. The first-order valence-electron chi connectivity index (χ1n) is 6.60. The zero-order valence-electron chi connectivity index (χ0n) is 11.1. The fourth-order valence-corrected chi connectivity index (χ4v) is 2.09. The third-order valence-electron chi connectivity index (χ3n) is 2.86. The van der Waals surface area contributed by atoms with Gasteiger partial charge in [-0.3, -0.25) is 4.79 Å². The van der Waals surface area contributed by atoms with Crippen molar-refractivity contribution >= 4 is 5.97 Å². The Labute approximate surface area is 104 Å². The molecule has 0 aromatic heterocycles. The first kappa shape index (κ1) is 14.5. The van der Waals surface area contributed by atoms with Crippen molar-refractivity contribution in [1.82, 2.24) is 0 Å². The van der Waals surface area contributed by atoms with E-state index in [0.717, 1.165) is 12.8 Å². The van der Waals surface area contributed by atoms with Crippen molar-refractivity contribution in [2.45, 2.75) is 78.0 Å². The molecule has 0 amide bonds. The van der Waals surface area contributed by atoms with Gasteiger partial charge in [0.15, 0.2) is 6.29 Å². The topological polar surface area (TPSA) is 44.8 Å². The molecule has 0 radical (unpaired) electrons. The molecule has 1 heterocycles. The number of carbonyl (C=O) groups excluding carboxylic acids is 1. The number of rotatable bonds is 6. The molecule has 0 aliphatic carbocycles. The fraction of sp³-hybridized carbons (Fsp3) is 0.923. The number of unbranched alkanes of at least 4 members (excludes halogenated alkanes) is 3. The summed E-state index contributed by atoms with van der Waals surface area (Å²) in [6.07, 6.45) is 6.01. The van der Waals surface area contributed by atoms with Gasteiger partial charge < -0.3 is 14.2 Å². The van der Waals surface area contributed by atoms with Crippen LogP contribution in [0.4, 0.5) is 0 Å². The average Bonchev–Trinajstić information content (AvgIpc) is 2.22. The van der Waals surface area contributed by atoms with Gasteiger partial charge in [0, 0.05) is 13.3 Å². The minimum absolute atomic E-state index is 0.153. The van der Waals surface area contributed by atoms with Crippen LogP contribution in [0.1, 0.15) is 59.3 Å². The zero-order chi connectivity index (χ0) is 12.7. The van der Waals surface area contributed by atoms with E-state index in [4.69, 9.17) is 14.2 Å². The average molecular weight is 244 g/mol. The first-order chi connectivity index (χ1) is 8.11. The molecule has 0 aromatic rings. The van der Waals surface area contributed by atoms with Crippen molar-refractivity contribution in [2.75, 3.05) is 0 Å². The smallest absolute Gasteiger partial charge is 0.304 e. The third kappa shape index (κ3) is 6.03. The summed E-state index contributed by atoms with van der Waals surface area (Å²) < 4.78 is 16.1. The van der Waals surface area contributed by atoms with Crippen LogP contribution in [0.25, 0.3) is 0 Å². The van der Waals surface area contributed by atoms with Crippen LogP contribution in [-0.2, 0) is 19.0 Å². The van der Waals surface area contributed by atoms with E-state index in [1.54, 1.807) is 0 Å². The Morgan fingerprint density at radius 3 is 2.71 bits per heavy atom. The maximum Gasteiger partial charge on any atom is 0.304 e. The van der Waals surface area contributed by atoms with Crippen molar-refractivity contribution < 1.29 is 19.0 Å². The van der Waals surface area contributed by atoms with Crippen LogP contribution in [0.3, 0.4) is 0 Å². The van der Waals surface area contributed by atoms with Gasteiger partial charge in [-0.2, -0.15) is 0 Å². The van der Waals surface area contributed by atoms with Crippen LogP contribution in [0, 0.1) is 0 Å². The van der Waals surface area contributed by atoms with E-state index >= 15 is 0 Å². The second kappa shape index (κ2) is 7.67. The molecule has 1 fully saturated rings. The van der Waals surface area contributed by atoms with Crippen molar-refractivity contribution in [3.63, 3.8) is 0 Å². The van der Waals surface area contributed by atoms with E-state index < -0.39 is 6.29 Å². The zero-order valence-corrected chi connectivity index (χ0v) is 11.1. The van der Waals surface area contributed by atoms with Crippen molar-refractivity contribution in [3.8, 4) is 0 Å². The van der Waals surface area contributed by atoms with Gasteiger partial charge in [0.05, 0.1) is 6.10 Å². The van der Waals surface area contributed by atoms with Gasteiger partial charge in [0.1, 0.15) is 0 Å². The van der Waals surface area contributed by atoms with Crippen LogP contribution in [-0.4, -0.2) is 24.7 Å². The first-order valence-corrected chi connectivity index (χ1v) is 6.60. The molecule has 17 heavy (non-hydrogen) atoms. The molecule has 0 unspecified atom stereocenters. The number of hydrogen-bond acceptors (Lipinski definition) is 4. The summed E-state index contributed by atoms with van der Waals surface area (Å²) in [7, 11) is 0. The lowest BCUT2D eigenvalue weighted by molar-refractivity contribution is -0.292. The Balaban J connectivity index is 2.26. The van der Waals surface area contributed by atoms with E-state index in [2.05, 4.69) is 6.92 Å². The number of esters is 1. The minimum Gasteiger partial charge on any atom is -0.436 e. The maximum absolute atomic E-state index is 10.9. The Bertz CT molecular complexity index is 229. The standard InChI is InChI=1S/C13H24O4/c1-4-5-6-7-8-12-9-13(15-10(2)14)17-11(3)16-12/h11-13H,4-9H2,1-3H3/t11-,12-,13-/m1/s1. The van der Waals surface area contributed by atoms with Gasteiger partial charge in [-0.25, -0.2) is 0 Å². The SMILES string of the molecule is CCCCCC[C@@H]1C[C@H](OC(C)=O)O[C@H](C)O1. The predicted molar refractivity (Wildman–Crippen MR) is 64.4 cm³/mol. The lowest BCUT2D eigenvalue weighted by Gasteiger charge is -2.33. The predicted octanol–water partition coefficient (Wildman–Crippen LogP) is 3.00. The molecule has 1 rings (SSSR count). The highest BCUT2D eigenvalue weighted by atomic mass is 16.8. The van der Waals surface area contributed by atoms with E-state index in [9.17, 15) is 4.79 Å². The Kier molecular flexibility index (Phi) is 6.52. The van der Waals surface area contributed by atoms with Crippen LogP contribution in [0.15, 0.2) is 0 Å². The fourth-order valence-electron chi connectivity index (χ4n) is 2.09. The molecule has 0 N–H and O–H groups in total. The summed E-state index contributed by atoms with van der Waals surface area (Å²) in [5.41, 5.74) is 0. The molecular weight excluding hydrogens is 220 g/mol. The quantitative estimate of drug-likeness (QED) is 0.532. The molecule has 1 aliphatic heterocycles. The van der Waals surface area contributed by atoms with E-state index in [-0.39, 0.29) is 18.4 Å². The molecule has 100 valence electrons. The molecule has 0 saturated carbocycles. The Morgan fingerprint density at radius 2 is 2.06 bits per heavy atom. The summed E-state index contributed by atoms with van der Waals surface area (Å²) in [6, 6.07) is 0. The van der Waals surface area contributed by atoms with E-state index in [1.165, 1.54) is 26.2 Å².